The number of carbonyl (C=O) groups excluding carboxylic acids is 1. The Morgan fingerprint density at radius 2 is 1.86 bits per heavy atom. The fourth-order valence-electron chi connectivity index (χ4n) is 4.48. The smallest absolute Gasteiger partial charge is 0.225 e. The second-order valence-electron chi connectivity index (χ2n) is 8.29. The van der Waals surface area contributed by atoms with Gasteiger partial charge in [-0.1, -0.05) is 42.7 Å². The van der Waals surface area contributed by atoms with Crippen LogP contribution in [0.2, 0.25) is 0 Å². The van der Waals surface area contributed by atoms with Crippen molar-refractivity contribution >= 4 is 15.9 Å². The van der Waals surface area contributed by atoms with Crippen LogP contribution < -0.4 is 0 Å². The van der Waals surface area contributed by atoms with E-state index in [-0.39, 0.29) is 23.6 Å². The summed E-state index contributed by atoms with van der Waals surface area (Å²) in [5.74, 6) is -0.118. The van der Waals surface area contributed by atoms with Crippen LogP contribution in [0.25, 0.3) is 0 Å². The molecular formula is C21H32N2O4S. The van der Waals surface area contributed by atoms with E-state index in [1.807, 2.05) is 31.2 Å². The second-order valence-corrected chi connectivity index (χ2v) is 10.3. The molecule has 0 radical (unpaired) electrons. The lowest BCUT2D eigenvalue weighted by Crippen LogP contribution is -2.50. The molecule has 156 valence electrons. The summed E-state index contributed by atoms with van der Waals surface area (Å²) < 4.78 is 27.1. The Morgan fingerprint density at radius 1 is 1.18 bits per heavy atom. The van der Waals surface area contributed by atoms with Crippen molar-refractivity contribution in [3.63, 3.8) is 0 Å². The van der Waals surface area contributed by atoms with Gasteiger partial charge in [-0.2, -0.15) is 0 Å². The fraction of sp³-hybridized carbons (Fsp3) is 0.667. The highest BCUT2D eigenvalue weighted by Crippen LogP contribution is 2.27. The summed E-state index contributed by atoms with van der Waals surface area (Å²) in [6.07, 6.45) is 4.27. The van der Waals surface area contributed by atoms with Crippen LogP contribution in [-0.2, 0) is 20.6 Å². The SMILES string of the molecule is Cc1cccc(CS(=O)(=O)N2CCC(C(=O)N(C)[C@@H]3CCCC[C@H]3O)CC2)c1. The molecule has 0 aromatic heterocycles. The van der Waals surface area contributed by atoms with Crippen molar-refractivity contribution in [2.45, 2.75) is 63.3 Å². The molecule has 2 fully saturated rings. The average Bonchev–Trinajstić information content (AvgIpc) is 2.67. The predicted molar refractivity (Wildman–Crippen MR) is 109 cm³/mol. The minimum atomic E-state index is -3.38. The van der Waals surface area contributed by atoms with E-state index in [2.05, 4.69) is 0 Å². The van der Waals surface area contributed by atoms with Crippen molar-refractivity contribution in [3.8, 4) is 0 Å². The Morgan fingerprint density at radius 3 is 2.50 bits per heavy atom. The Hall–Kier alpha value is -1.44. The highest BCUT2D eigenvalue weighted by Gasteiger charge is 2.36. The topological polar surface area (TPSA) is 77.9 Å². The standard InChI is InChI=1S/C21H32N2O4S/c1-16-6-5-7-17(14-16)15-28(26,27)23-12-10-18(11-13-23)21(25)22(2)19-8-3-4-9-20(19)24/h5-7,14,18-20,24H,3-4,8-13,15H2,1-2H3/t19-,20-/m1/s1. The number of carbonyl (C=O) groups is 1. The first kappa shape index (κ1) is 21.3. The first-order valence-corrected chi connectivity index (χ1v) is 11.9. The summed E-state index contributed by atoms with van der Waals surface area (Å²) in [5.41, 5.74) is 1.84. The summed E-state index contributed by atoms with van der Waals surface area (Å²) in [5, 5.41) is 10.2. The van der Waals surface area contributed by atoms with Gasteiger partial charge in [0.05, 0.1) is 17.9 Å². The summed E-state index contributed by atoms with van der Waals surface area (Å²) in [4.78, 5) is 14.6. The number of aliphatic hydroxyl groups excluding tert-OH is 1. The Balaban J connectivity index is 1.56. The van der Waals surface area contributed by atoms with Crippen molar-refractivity contribution < 1.29 is 18.3 Å². The molecule has 7 heteroatoms. The van der Waals surface area contributed by atoms with Crippen LogP contribution in [0.1, 0.15) is 49.7 Å². The third kappa shape index (κ3) is 4.93. The Bertz CT molecular complexity index is 787. The van der Waals surface area contributed by atoms with Crippen LogP contribution in [0.5, 0.6) is 0 Å². The number of amides is 1. The maximum Gasteiger partial charge on any atom is 0.225 e. The van der Waals surface area contributed by atoms with E-state index in [4.69, 9.17) is 0 Å². The number of aliphatic hydroxyl groups is 1. The zero-order valence-electron chi connectivity index (χ0n) is 16.9. The maximum atomic E-state index is 12.9. The van der Waals surface area contributed by atoms with E-state index in [0.717, 1.165) is 36.8 Å². The summed E-state index contributed by atoms with van der Waals surface area (Å²) in [6, 6.07) is 7.46. The molecule has 1 saturated carbocycles. The Labute approximate surface area is 168 Å². The van der Waals surface area contributed by atoms with Crippen molar-refractivity contribution in [2.24, 2.45) is 5.92 Å². The van der Waals surface area contributed by atoms with Crippen molar-refractivity contribution in [3.05, 3.63) is 35.4 Å². The first-order valence-electron chi connectivity index (χ1n) is 10.3. The lowest BCUT2D eigenvalue weighted by atomic mass is 9.89. The molecule has 2 aliphatic rings. The van der Waals surface area contributed by atoms with Gasteiger partial charge in [-0.15, -0.1) is 0 Å². The van der Waals surface area contributed by atoms with E-state index < -0.39 is 16.1 Å². The predicted octanol–water partition coefficient (Wildman–Crippen LogP) is 2.30. The van der Waals surface area contributed by atoms with Gasteiger partial charge < -0.3 is 10.0 Å². The number of hydrogen-bond donors (Lipinski definition) is 1. The van der Waals surface area contributed by atoms with Gasteiger partial charge in [0, 0.05) is 26.1 Å². The fourth-order valence-corrected chi connectivity index (χ4v) is 6.03. The molecule has 0 unspecified atom stereocenters. The molecule has 1 aromatic rings. The van der Waals surface area contributed by atoms with Crippen LogP contribution in [0.15, 0.2) is 24.3 Å². The van der Waals surface area contributed by atoms with Crippen LogP contribution in [-0.4, -0.2) is 60.9 Å². The van der Waals surface area contributed by atoms with Gasteiger partial charge in [0.1, 0.15) is 0 Å². The summed E-state index contributed by atoms with van der Waals surface area (Å²) in [7, 11) is -1.60. The molecule has 1 N–H and O–H groups in total. The van der Waals surface area contributed by atoms with Gasteiger partial charge in [-0.3, -0.25) is 4.79 Å². The number of hydrogen-bond acceptors (Lipinski definition) is 4. The third-order valence-corrected chi connectivity index (χ3v) is 8.02. The van der Waals surface area contributed by atoms with Crippen LogP contribution in [0.3, 0.4) is 0 Å². The molecule has 0 spiro atoms. The molecule has 3 rings (SSSR count). The first-order chi connectivity index (χ1) is 13.3. The quantitative estimate of drug-likeness (QED) is 0.811. The Kier molecular flexibility index (Phi) is 6.78. The van der Waals surface area contributed by atoms with Crippen molar-refractivity contribution in [1.29, 1.82) is 0 Å². The van der Waals surface area contributed by atoms with Crippen molar-refractivity contribution in [2.75, 3.05) is 20.1 Å². The van der Waals surface area contributed by atoms with Crippen LogP contribution >= 0.6 is 0 Å². The molecule has 1 aliphatic carbocycles. The highest BCUT2D eigenvalue weighted by molar-refractivity contribution is 7.88. The molecule has 1 heterocycles. The monoisotopic (exact) mass is 408 g/mol. The van der Waals surface area contributed by atoms with Gasteiger partial charge in [-0.05, 0) is 38.2 Å². The number of sulfonamides is 1. The minimum absolute atomic E-state index is 0.00145. The molecule has 2 atom stereocenters. The third-order valence-electron chi connectivity index (χ3n) is 6.17. The molecular weight excluding hydrogens is 376 g/mol. The van der Waals surface area contributed by atoms with E-state index in [0.29, 0.717) is 25.9 Å². The molecule has 6 nitrogen and oxygen atoms in total. The number of likely N-dealkylation sites (N-methyl/N-ethyl adjacent to an activating group) is 1. The molecule has 0 bridgehead atoms. The average molecular weight is 409 g/mol. The lowest BCUT2D eigenvalue weighted by Gasteiger charge is -2.38. The maximum absolute atomic E-state index is 12.9. The second kappa shape index (κ2) is 8.93. The van der Waals surface area contributed by atoms with E-state index in [9.17, 15) is 18.3 Å². The van der Waals surface area contributed by atoms with Crippen molar-refractivity contribution in [1.82, 2.24) is 9.21 Å². The largest absolute Gasteiger partial charge is 0.391 e. The summed E-state index contributed by atoms with van der Waals surface area (Å²) in [6.45, 7) is 2.71. The van der Waals surface area contributed by atoms with Gasteiger partial charge in [0.15, 0.2) is 0 Å². The lowest BCUT2D eigenvalue weighted by molar-refractivity contribution is -0.141. The van der Waals surface area contributed by atoms with E-state index in [1.165, 1.54) is 4.31 Å². The van der Waals surface area contributed by atoms with E-state index in [1.54, 1.807) is 11.9 Å². The zero-order chi connectivity index (χ0) is 20.3. The number of nitrogens with zero attached hydrogens (tertiary/aromatic N) is 2. The molecule has 1 saturated heterocycles. The molecule has 28 heavy (non-hydrogen) atoms. The van der Waals surface area contributed by atoms with Gasteiger partial charge in [-0.25, -0.2) is 12.7 Å². The van der Waals surface area contributed by atoms with Gasteiger partial charge >= 0.3 is 0 Å². The van der Waals surface area contributed by atoms with Gasteiger partial charge in [0.2, 0.25) is 15.9 Å². The minimum Gasteiger partial charge on any atom is -0.391 e. The van der Waals surface area contributed by atoms with Crippen LogP contribution in [0, 0.1) is 12.8 Å². The number of aryl methyl sites for hydroxylation is 1. The highest BCUT2D eigenvalue weighted by atomic mass is 32.2. The molecule has 1 aromatic carbocycles. The van der Waals surface area contributed by atoms with Crippen LogP contribution in [0.4, 0.5) is 0 Å². The number of benzene rings is 1. The summed E-state index contributed by atoms with van der Waals surface area (Å²) >= 11 is 0. The normalized spacial score (nSPS) is 24.8. The van der Waals surface area contributed by atoms with Gasteiger partial charge in [0.25, 0.3) is 0 Å². The van der Waals surface area contributed by atoms with E-state index >= 15 is 0 Å². The molecule has 1 aliphatic heterocycles. The zero-order valence-corrected chi connectivity index (χ0v) is 17.7. The number of rotatable bonds is 5. The molecule has 1 amide bonds. The number of piperidine rings is 1.